The van der Waals surface area contributed by atoms with Crippen molar-refractivity contribution in [2.45, 2.75) is 19.0 Å². The van der Waals surface area contributed by atoms with Crippen molar-refractivity contribution in [1.82, 2.24) is 5.32 Å². The zero-order valence-electron chi connectivity index (χ0n) is 8.29. The van der Waals surface area contributed by atoms with Crippen molar-refractivity contribution < 1.29 is 9.84 Å². The zero-order valence-corrected chi connectivity index (χ0v) is 8.29. The minimum atomic E-state index is 0.349. The molecule has 1 aliphatic rings. The van der Waals surface area contributed by atoms with Crippen LogP contribution in [-0.2, 0) is 17.7 Å². The van der Waals surface area contributed by atoms with Gasteiger partial charge in [0, 0.05) is 19.7 Å². The van der Waals surface area contributed by atoms with Crippen LogP contribution in [0.1, 0.15) is 11.1 Å². The third kappa shape index (κ3) is 1.89. The third-order valence-corrected chi connectivity index (χ3v) is 2.61. The Morgan fingerprint density at radius 2 is 2.36 bits per heavy atom. The van der Waals surface area contributed by atoms with E-state index in [1.807, 2.05) is 12.1 Å². The maximum atomic E-state index is 9.35. The minimum Gasteiger partial charge on any atom is -0.508 e. The van der Waals surface area contributed by atoms with E-state index in [0.717, 1.165) is 19.6 Å². The van der Waals surface area contributed by atoms with Crippen LogP contribution in [0.5, 0.6) is 5.75 Å². The maximum Gasteiger partial charge on any atom is 0.115 e. The van der Waals surface area contributed by atoms with Gasteiger partial charge >= 0.3 is 0 Å². The lowest BCUT2D eigenvalue weighted by molar-refractivity contribution is 0.162. The van der Waals surface area contributed by atoms with Crippen LogP contribution in [0.2, 0.25) is 0 Å². The van der Waals surface area contributed by atoms with Crippen LogP contribution in [0.25, 0.3) is 0 Å². The molecule has 3 heteroatoms. The largest absolute Gasteiger partial charge is 0.508 e. The van der Waals surface area contributed by atoms with Crippen molar-refractivity contribution in [3.8, 4) is 5.75 Å². The molecule has 2 rings (SSSR count). The van der Waals surface area contributed by atoms with Crippen LogP contribution in [0, 0.1) is 0 Å². The monoisotopic (exact) mass is 193 g/mol. The van der Waals surface area contributed by atoms with E-state index in [2.05, 4.69) is 5.32 Å². The molecule has 1 aliphatic heterocycles. The first-order valence-corrected chi connectivity index (χ1v) is 4.82. The first kappa shape index (κ1) is 9.49. The van der Waals surface area contributed by atoms with E-state index >= 15 is 0 Å². The molecule has 0 amide bonds. The first-order chi connectivity index (χ1) is 6.79. The summed E-state index contributed by atoms with van der Waals surface area (Å²) in [5, 5.41) is 12.7. The van der Waals surface area contributed by atoms with Gasteiger partial charge in [-0.15, -0.1) is 0 Å². The summed E-state index contributed by atoms with van der Waals surface area (Å²) in [6.45, 7) is 1.58. The summed E-state index contributed by atoms with van der Waals surface area (Å²) in [5.41, 5.74) is 2.50. The van der Waals surface area contributed by atoms with Gasteiger partial charge in [-0.3, -0.25) is 0 Å². The highest BCUT2D eigenvalue weighted by Crippen LogP contribution is 2.21. The van der Waals surface area contributed by atoms with Crippen LogP contribution in [0.3, 0.4) is 0 Å². The summed E-state index contributed by atoms with van der Waals surface area (Å²) in [4.78, 5) is 0. The Labute approximate surface area is 83.7 Å². The fraction of sp³-hybridized carbons (Fsp3) is 0.455. The average Bonchev–Trinajstić information content (AvgIpc) is 2.17. The molecule has 1 unspecified atom stereocenters. The van der Waals surface area contributed by atoms with Gasteiger partial charge in [-0.2, -0.15) is 0 Å². The summed E-state index contributed by atoms with van der Waals surface area (Å²) >= 11 is 0. The normalized spacial score (nSPS) is 20.5. The van der Waals surface area contributed by atoms with E-state index in [-0.39, 0.29) is 0 Å². The van der Waals surface area contributed by atoms with Crippen LogP contribution in [-0.4, -0.2) is 24.9 Å². The van der Waals surface area contributed by atoms with Gasteiger partial charge in [-0.25, -0.2) is 0 Å². The van der Waals surface area contributed by atoms with Crippen molar-refractivity contribution >= 4 is 0 Å². The number of phenolic OH excluding ortho intramolecular Hbond substituents is 1. The number of aromatic hydroxyl groups is 1. The predicted molar refractivity (Wildman–Crippen MR) is 54.3 cm³/mol. The smallest absolute Gasteiger partial charge is 0.115 e. The third-order valence-electron chi connectivity index (χ3n) is 2.61. The highest BCUT2D eigenvalue weighted by Gasteiger charge is 2.17. The highest BCUT2D eigenvalue weighted by molar-refractivity contribution is 5.36. The van der Waals surface area contributed by atoms with E-state index in [0.29, 0.717) is 11.8 Å². The van der Waals surface area contributed by atoms with Gasteiger partial charge < -0.3 is 15.2 Å². The van der Waals surface area contributed by atoms with Gasteiger partial charge in [0.05, 0.1) is 6.61 Å². The van der Waals surface area contributed by atoms with Crippen molar-refractivity contribution in [3.63, 3.8) is 0 Å². The number of nitrogens with one attached hydrogen (secondary N) is 1. The van der Waals surface area contributed by atoms with Gasteiger partial charge in [-0.1, -0.05) is 6.07 Å². The molecule has 1 aromatic rings. The second kappa shape index (κ2) is 3.98. The van der Waals surface area contributed by atoms with Crippen molar-refractivity contribution in [1.29, 1.82) is 0 Å². The molecule has 0 fully saturated rings. The average molecular weight is 193 g/mol. The number of fused-ring (bicyclic) bond motifs is 1. The summed E-state index contributed by atoms with van der Waals surface area (Å²) in [5.74, 6) is 0.349. The molecule has 14 heavy (non-hydrogen) atoms. The van der Waals surface area contributed by atoms with Crippen LogP contribution in [0.15, 0.2) is 18.2 Å². The number of benzene rings is 1. The molecular weight excluding hydrogens is 178 g/mol. The molecule has 1 atom stereocenters. The molecule has 0 spiro atoms. The molecule has 0 aliphatic carbocycles. The van der Waals surface area contributed by atoms with Crippen LogP contribution >= 0.6 is 0 Å². The molecule has 76 valence electrons. The summed E-state index contributed by atoms with van der Waals surface area (Å²) in [7, 11) is 1.71. The zero-order chi connectivity index (χ0) is 9.97. The maximum absolute atomic E-state index is 9.35. The Kier molecular flexibility index (Phi) is 2.70. The topological polar surface area (TPSA) is 41.5 Å². The fourth-order valence-corrected chi connectivity index (χ4v) is 1.89. The summed E-state index contributed by atoms with van der Waals surface area (Å²) in [6.07, 6.45) is 0.928. The lowest BCUT2D eigenvalue weighted by Crippen LogP contribution is -2.38. The Hall–Kier alpha value is -1.06. The molecule has 0 saturated heterocycles. The molecular formula is C11H15NO2. The molecule has 0 bridgehead atoms. The molecule has 3 nitrogen and oxygen atoms in total. The standard InChI is InChI=1S/C11H15NO2/c1-14-7-10-4-9-5-11(13)3-2-8(9)6-12-10/h2-3,5,10,12-13H,4,6-7H2,1H3. The van der Waals surface area contributed by atoms with Gasteiger partial charge in [0.2, 0.25) is 0 Å². The second-order valence-corrected chi connectivity index (χ2v) is 3.69. The Morgan fingerprint density at radius 3 is 3.14 bits per heavy atom. The van der Waals surface area contributed by atoms with Gasteiger partial charge in [0.1, 0.15) is 5.75 Å². The fourth-order valence-electron chi connectivity index (χ4n) is 1.89. The number of methoxy groups -OCH3 is 1. The molecule has 0 radical (unpaired) electrons. The number of ether oxygens (including phenoxy) is 1. The molecule has 1 heterocycles. The molecule has 0 aromatic heterocycles. The van der Waals surface area contributed by atoms with E-state index < -0.39 is 0 Å². The summed E-state index contributed by atoms with van der Waals surface area (Å²) in [6, 6.07) is 5.92. The number of hydrogen-bond acceptors (Lipinski definition) is 3. The van der Waals surface area contributed by atoms with Crippen LogP contribution in [0.4, 0.5) is 0 Å². The van der Waals surface area contributed by atoms with Crippen molar-refractivity contribution in [3.05, 3.63) is 29.3 Å². The molecule has 2 N–H and O–H groups in total. The lowest BCUT2D eigenvalue weighted by Gasteiger charge is -2.25. The molecule has 1 aromatic carbocycles. The number of hydrogen-bond donors (Lipinski definition) is 2. The second-order valence-electron chi connectivity index (χ2n) is 3.69. The van der Waals surface area contributed by atoms with Gasteiger partial charge in [0.25, 0.3) is 0 Å². The highest BCUT2D eigenvalue weighted by atomic mass is 16.5. The van der Waals surface area contributed by atoms with Crippen LogP contribution < -0.4 is 5.32 Å². The Balaban J connectivity index is 2.16. The Morgan fingerprint density at radius 1 is 1.50 bits per heavy atom. The predicted octanol–water partition coefficient (Wildman–Crippen LogP) is 1.05. The van der Waals surface area contributed by atoms with E-state index in [1.165, 1.54) is 11.1 Å². The molecule has 0 saturated carbocycles. The summed E-state index contributed by atoms with van der Waals surface area (Å²) < 4.78 is 5.10. The number of phenols is 1. The van der Waals surface area contributed by atoms with E-state index in [1.54, 1.807) is 13.2 Å². The van der Waals surface area contributed by atoms with E-state index in [4.69, 9.17) is 4.74 Å². The Bertz CT molecular complexity index is 325. The van der Waals surface area contributed by atoms with Gasteiger partial charge in [-0.05, 0) is 29.7 Å². The van der Waals surface area contributed by atoms with Crippen molar-refractivity contribution in [2.75, 3.05) is 13.7 Å². The lowest BCUT2D eigenvalue weighted by atomic mass is 9.96. The van der Waals surface area contributed by atoms with E-state index in [9.17, 15) is 5.11 Å². The van der Waals surface area contributed by atoms with Gasteiger partial charge in [0.15, 0.2) is 0 Å². The SMILES string of the molecule is COCC1Cc2cc(O)ccc2CN1. The first-order valence-electron chi connectivity index (χ1n) is 4.82. The minimum absolute atomic E-state index is 0.349. The quantitative estimate of drug-likeness (QED) is 0.737. The number of rotatable bonds is 2. The van der Waals surface area contributed by atoms with Crippen molar-refractivity contribution in [2.24, 2.45) is 0 Å².